The van der Waals surface area contributed by atoms with E-state index in [1.54, 1.807) is 25.3 Å². The van der Waals surface area contributed by atoms with Crippen LogP contribution in [-0.2, 0) is 16.1 Å². The van der Waals surface area contributed by atoms with Gasteiger partial charge in [-0.2, -0.15) is 0 Å². The Labute approximate surface area is 201 Å². The predicted octanol–water partition coefficient (Wildman–Crippen LogP) is 4.21. The van der Waals surface area contributed by atoms with E-state index in [9.17, 15) is 14.7 Å². The molecule has 0 radical (unpaired) electrons. The smallest absolute Gasteiger partial charge is 0.295 e. The summed E-state index contributed by atoms with van der Waals surface area (Å²) in [6.07, 6.45) is 0. The fraction of sp³-hybridized carbons (Fsp3) is 0.231. The van der Waals surface area contributed by atoms with E-state index < -0.39 is 17.7 Å². The number of amides is 1. The van der Waals surface area contributed by atoms with Crippen LogP contribution in [0.2, 0.25) is 0 Å². The van der Waals surface area contributed by atoms with Crippen LogP contribution in [0.5, 0.6) is 11.5 Å². The molecular weight excluding hydrogens is 452 g/mol. The van der Waals surface area contributed by atoms with Crippen LogP contribution in [0, 0.1) is 0 Å². The first kappa shape index (κ1) is 22.0. The zero-order chi connectivity index (χ0) is 23.8. The van der Waals surface area contributed by atoms with Gasteiger partial charge >= 0.3 is 0 Å². The summed E-state index contributed by atoms with van der Waals surface area (Å²) >= 11 is 1.44. The Morgan fingerprint density at radius 1 is 1.18 bits per heavy atom. The van der Waals surface area contributed by atoms with E-state index in [1.165, 1.54) is 16.2 Å². The molecule has 2 aliphatic heterocycles. The number of likely N-dealkylation sites (N-methyl/N-ethyl adjacent to an activating group) is 1. The summed E-state index contributed by atoms with van der Waals surface area (Å²) in [6, 6.07) is 15.7. The third-order valence-electron chi connectivity index (χ3n) is 6.21. The molecule has 1 unspecified atom stereocenters. The number of benzene rings is 2. The van der Waals surface area contributed by atoms with E-state index in [1.807, 2.05) is 53.7 Å². The summed E-state index contributed by atoms with van der Waals surface area (Å²) in [5.41, 5.74) is 2.15. The van der Waals surface area contributed by atoms with Gasteiger partial charge in [-0.15, -0.1) is 11.3 Å². The number of carbonyl (C=O) groups is 2. The number of thiophene rings is 1. The lowest BCUT2D eigenvalue weighted by Gasteiger charge is -2.28. The summed E-state index contributed by atoms with van der Waals surface area (Å²) in [5, 5.41) is 13.2. The van der Waals surface area contributed by atoms with Crippen molar-refractivity contribution in [2.45, 2.75) is 12.6 Å². The maximum atomic E-state index is 13.3. The molecule has 0 aliphatic carbocycles. The highest BCUT2D eigenvalue weighted by Crippen LogP contribution is 2.43. The van der Waals surface area contributed by atoms with Crippen molar-refractivity contribution in [1.29, 1.82) is 0 Å². The lowest BCUT2D eigenvalue weighted by atomic mass is 9.99. The van der Waals surface area contributed by atoms with Crippen LogP contribution in [0.25, 0.3) is 5.76 Å². The largest absolute Gasteiger partial charge is 0.507 e. The quantitative estimate of drug-likeness (QED) is 0.338. The molecule has 3 heterocycles. The number of Topliss-reactive ketones (excluding diaryl/α,β-unsaturated/α-hetero) is 1. The van der Waals surface area contributed by atoms with Crippen LogP contribution in [0.1, 0.15) is 22.0 Å². The van der Waals surface area contributed by atoms with Crippen LogP contribution in [0.15, 0.2) is 65.6 Å². The average molecular weight is 477 g/mol. The van der Waals surface area contributed by atoms with Gasteiger partial charge in [0.15, 0.2) is 0 Å². The number of aliphatic hydroxyl groups is 1. The Morgan fingerprint density at radius 2 is 2.00 bits per heavy atom. The van der Waals surface area contributed by atoms with Gasteiger partial charge in [0.05, 0.1) is 37.5 Å². The second-order valence-electron chi connectivity index (χ2n) is 8.21. The molecule has 0 saturated carbocycles. The number of likely N-dealkylation sites (tertiary alicyclic amines) is 1. The SMILES string of the molecule is COc1ccccc1CN1C(=O)C(=O)/C(=C(\O)c2ccc3c(c2)N(C)CCO3)C1c1cccs1. The van der Waals surface area contributed by atoms with Crippen LogP contribution in [0.3, 0.4) is 0 Å². The summed E-state index contributed by atoms with van der Waals surface area (Å²) < 4.78 is 11.2. The summed E-state index contributed by atoms with van der Waals surface area (Å²) in [6.45, 7) is 1.48. The Kier molecular flexibility index (Phi) is 5.75. The Bertz CT molecular complexity index is 1280. The zero-order valence-corrected chi connectivity index (χ0v) is 19.7. The number of methoxy groups -OCH3 is 1. The molecule has 3 aromatic rings. The molecule has 2 aliphatic rings. The number of fused-ring (bicyclic) bond motifs is 1. The number of para-hydroxylation sites is 1. The van der Waals surface area contributed by atoms with Gasteiger partial charge in [0.1, 0.15) is 23.9 Å². The minimum atomic E-state index is -0.701. The molecule has 7 nitrogen and oxygen atoms in total. The van der Waals surface area contributed by atoms with Crippen molar-refractivity contribution in [2.75, 3.05) is 32.2 Å². The van der Waals surface area contributed by atoms with Crippen LogP contribution >= 0.6 is 11.3 Å². The number of ether oxygens (including phenoxy) is 2. The number of aliphatic hydroxyl groups excluding tert-OH is 1. The third-order valence-corrected chi connectivity index (χ3v) is 7.14. The Morgan fingerprint density at radius 3 is 2.76 bits per heavy atom. The van der Waals surface area contributed by atoms with Crippen molar-refractivity contribution in [2.24, 2.45) is 0 Å². The highest BCUT2D eigenvalue weighted by molar-refractivity contribution is 7.10. The van der Waals surface area contributed by atoms with Crippen molar-refractivity contribution >= 4 is 34.5 Å². The zero-order valence-electron chi connectivity index (χ0n) is 18.9. The van der Waals surface area contributed by atoms with E-state index in [0.717, 1.165) is 28.4 Å². The highest BCUT2D eigenvalue weighted by Gasteiger charge is 2.46. The topological polar surface area (TPSA) is 79.3 Å². The molecule has 174 valence electrons. The average Bonchev–Trinajstić information content (AvgIpc) is 3.47. The molecule has 1 amide bonds. The fourth-order valence-corrected chi connectivity index (χ4v) is 5.30. The molecule has 2 aromatic carbocycles. The number of nitrogens with zero attached hydrogens (tertiary/aromatic N) is 2. The molecule has 1 fully saturated rings. The van der Waals surface area contributed by atoms with Gasteiger partial charge in [-0.25, -0.2) is 0 Å². The lowest BCUT2D eigenvalue weighted by Crippen LogP contribution is -2.29. The molecule has 1 saturated heterocycles. The van der Waals surface area contributed by atoms with Crippen molar-refractivity contribution in [1.82, 2.24) is 4.90 Å². The second-order valence-corrected chi connectivity index (χ2v) is 9.19. The number of hydrogen-bond acceptors (Lipinski definition) is 7. The van der Waals surface area contributed by atoms with E-state index >= 15 is 0 Å². The summed E-state index contributed by atoms with van der Waals surface area (Å²) in [7, 11) is 3.52. The predicted molar refractivity (Wildman–Crippen MR) is 130 cm³/mol. The molecule has 0 bridgehead atoms. The van der Waals surface area contributed by atoms with Crippen molar-refractivity contribution in [3.05, 3.63) is 81.6 Å². The highest BCUT2D eigenvalue weighted by atomic mass is 32.1. The third kappa shape index (κ3) is 3.70. The molecule has 34 heavy (non-hydrogen) atoms. The Balaban J connectivity index is 1.61. The van der Waals surface area contributed by atoms with E-state index in [4.69, 9.17) is 9.47 Å². The normalized spacial score (nSPS) is 19.2. The minimum absolute atomic E-state index is 0.0849. The second kappa shape index (κ2) is 8.87. The Hall–Kier alpha value is -3.78. The maximum absolute atomic E-state index is 13.3. The minimum Gasteiger partial charge on any atom is -0.507 e. The number of rotatable bonds is 5. The number of anilines is 1. The first-order valence-corrected chi connectivity index (χ1v) is 11.8. The van der Waals surface area contributed by atoms with E-state index in [-0.39, 0.29) is 17.9 Å². The van der Waals surface area contributed by atoms with E-state index in [2.05, 4.69) is 0 Å². The van der Waals surface area contributed by atoms with Crippen LogP contribution in [-0.4, -0.2) is 49.0 Å². The summed E-state index contributed by atoms with van der Waals surface area (Å²) in [4.78, 5) is 30.8. The van der Waals surface area contributed by atoms with Crippen molar-refractivity contribution in [3.8, 4) is 11.5 Å². The molecule has 1 aromatic heterocycles. The molecular formula is C26H24N2O5S. The van der Waals surface area contributed by atoms with Gasteiger partial charge in [-0.1, -0.05) is 24.3 Å². The van der Waals surface area contributed by atoms with Crippen molar-refractivity contribution < 1.29 is 24.2 Å². The number of carbonyl (C=O) groups excluding carboxylic acids is 2. The molecule has 0 spiro atoms. The molecule has 1 N–H and O–H groups in total. The van der Waals surface area contributed by atoms with Crippen molar-refractivity contribution in [3.63, 3.8) is 0 Å². The van der Waals surface area contributed by atoms with Gasteiger partial charge in [0.2, 0.25) is 0 Å². The van der Waals surface area contributed by atoms with Crippen LogP contribution < -0.4 is 14.4 Å². The maximum Gasteiger partial charge on any atom is 0.295 e. The molecule has 8 heteroatoms. The summed E-state index contributed by atoms with van der Waals surface area (Å²) in [5.74, 6) is -0.192. The number of ketones is 1. The van der Waals surface area contributed by atoms with Gasteiger partial charge in [0, 0.05) is 23.1 Å². The number of hydrogen-bond donors (Lipinski definition) is 1. The van der Waals surface area contributed by atoms with Gasteiger partial charge < -0.3 is 24.4 Å². The first-order chi connectivity index (χ1) is 16.5. The molecule has 5 rings (SSSR count). The van der Waals surface area contributed by atoms with Gasteiger partial charge in [-0.3, -0.25) is 9.59 Å². The van der Waals surface area contributed by atoms with Crippen LogP contribution in [0.4, 0.5) is 5.69 Å². The van der Waals surface area contributed by atoms with Gasteiger partial charge in [-0.05, 0) is 35.7 Å². The van der Waals surface area contributed by atoms with E-state index in [0.29, 0.717) is 17.9 Å². The standard InChI is InChI=1S/C26H24N2O5S/c1-27-11-12-33-20-10-9-16(14-18(20)27)24(29)22-23(21-8-5-13-34-21)28(26(31)25(22)30)15-17-6-3-4-7-19(17)32-2/h3-10,13-14,23,29H,11-12,15H2,1-2H3/b24-22-. The monoisotopic (exact) mass is 476 g/mol. The molecule has 1 atom stereocenters. The van der Waals surface area contributed by atoms with Gasteiger partial charge in [0.25, 0.3) is 11.7 Å². The lowest BCUT2D eigenvalue weighted by molar-refractivity contribution is -0.140. The first-order valence-electron chi connectivity index (χ1n) is 10.9. The fourth-order valence-electron chi connectivity index (χ4n) is 4.46.